The first-order valence-electron chi connectivity index (χ1n) is 5.65. The van der Waals surface area contributed by atoms with Gasteiger partial charge in [0.2, 0.25) is 5.75 Å². The SMILES string of the molecule is N=C(N)c1c(F)cccc1Oc1c(Cl)cccc1[N+](=O)[O-]. The number of rotatable bonds is 4. The fraction of sp³-hybridized carbons (Fsp3) is 0. The Morgan fingerprint density at radius 3 is 2.62 bits per heavy atom. The molecule has 2 aromatic rings. The van der Waals surface area contributed by atoms with Gasteiger partial charge in [-0.25, -0.2) is 4.39 Å². The van der Waals surface area contributed by atoms with Crippen LogP contribution in [0.15, 0.2) is 36.4 Å². The van der Waals surface area contributed by atoms with Crippen LogP contribution in [0.2, 0.25) is 5.02 Å². The average Bonchev–Trinajstić information content (AvgIpc) is 2.40. The Kier molecular flexibility index (Phi) is 4.04. The van der Waals surface area contributed by atoms with Crippen LogP contribution < -0.4 is 10.5 Å². The van der Waals surface area contributed by atoms with Crippen LogP contribution in [0.25, 0.3) is 0 Å². The number of nitrogens with zero attached hydrogens (tertiary/aromatic N) is 1. The monoisotopic (exact) mass is 309 g/mol. The maximum atomic E-state index is 13.7. The van der Waals surface area contributed by atoms with Gasteiger partial charge in [0.15, 0.2) is 0 Å². The molecule has 108 valence electrons. The molecular weight excluding hydrogens is 301 g/mol. The fourth-order valence-electron chi connectivity index (χ4n) is 1.70. The molecule has 0 bridgehead atoms. The van der Waals surface area contributed by atoms with Crippen LogP contribution in [0.4, 0.5) is 10.1 Å². The van der Waals surface area contributed by atoms with E-state index in [4.69, 9.17) is 27.5 Å². The topological polar surface area (TPSA) is 102 Å². The van der Waals surface area contributed by atoms with Crippen molar-refractivity contribution >= 4 is 23.1 Å². The van der Waals surface area contributed by atoms with Gasteiger partial charge in [0.25, 0.3) is 0 Å². The van der Waals surface area contributed by atoms with Gasteiger partial charge in [0.1, 0.15) is 17.4 Å². The fourth-order valence-corrected chi connectivity index (χ4v) is 1.91. The van der Waals surface area contributed by atoms with Crippen LogP contribution in [0.1, 0.15) is 5.56 Å². The molecule has 0 saturated carbocycles. The lowest BCUT2D eigenvalue weighted by Crippen LogP contribution is -2.14. The van der Waals surface area contributed by atoms with E-state index in [1.807, 2.05) is 0 Å². The van der Waals surface area contributed by atoms with E-state index in [0.717, 1.165) is 6.07 Å². The molecule has 3 N–H and O–H groups in total. The van der Waals surface area contributed by atoms with Crippen molar-refractivity contribution in [3.05, 3.63) is 62.9 Å². The van der Waals surface area contributed by atoms with Gasteiger partial charge in [-0.1, -0.05) is 23.7 Å². The van der Waals surface area contributed by atoms with Gasteiger partial charge in [0, 0.05) is 6.07 Å². The zero-order valence-corrected chi connectivity index (χ0v) is 11.2. The van der Waals surface area contributed by atoms with Crippen molar-refractivity contribution in [1.82, 2.24) is 0 Å². The minimum Gasteiger partial charge on any atom is -0.448 e. The number of nitrogen functional groups attached to an aromatic ring is 1. The molecule has 8 heteroatoms. The average molecular weight is 310 g/mol. The maximum Gasteiger partial charge on any atom is 0.313 e. The van der Waals surface area contributed by atoms with Crippen molar-refractivity contribution in [2.75, 3.05) is 0 Å². The minimum atomic E-state index is -0.769. The molecule has 6 nitrogen and oxygen atoms in total. The summed E-state index contributed by atoms with van der Waals surface area (Å²) in [7, 11) is 0. The summed E-state index contributed by atoms with van der Waals surface area (Å²) in [6, 6.07) is 7.77. The second-order valence-corrected chi connectivity index (χ2v) is 4.38. The van der Waals surface area contributed by atoms with Crippen LogP contribution in [0.3, 0.4) is 0 Å². The normalized spacial score (nSPS) is 10.2. The quantitative estimate of drug-likeness (QED) is 0.390. The highest BCUT2D eigenvalue weighted by Crippen LogP contribution is 2.39. The lowest BCUT2D eigenvalue weighted by atomic mass is 10.1. The predicted octanol–water partition coefficient (Wildman–Crippen LogP) is 3.46. The molecule has 0 unspecified atom stereocenters. The molecule has 0 atom stereocenters. The first-order valence-corrected chi connectivity index (χ1v) is 6.03. The highest BCUT2D eigenvalue weighted by atomic mass is 35.5. The molecule has 0 aromatic heterocycles. The highest BCUT2D eigenvalue weighted by Gasteiger charge is 2.21. The molecule has 0 heterocycles. The Bertz CT molecular complexity index is 737. The Morgan fingerprint density at radius 2 is 2.00 bits per heavy atom. The highest BCUT2D eigenvalue weighted by molar-refractivity contribution is 6.32. The number of ether oxygens (including phenoxy) is 1. The Hall–Kier alpha value is -2.67. The maximum absolute atomic E-state index is 13.7. The van der Waals surface area contributed by atoms with Crippen molar-refractivity contribution in [1.29, 1.82) is 5.41 Å². The summed E-state index contributed by atoms with van der Waals surface area (Å²) in [6.07, 6.45) is 0. The molecule has 2 aromatic carbocycles. The van der Waals surface area contributed by atoms with Gasteiger partial charge in [-0.2, -0.15) is 0 Å². The number of halogens is 2. The van der Waals surface area contributed by atoms with Gasteiger partial charge < -0.3 is 10.5 Å². The zero-order chi connectivity index (χ0) is 15.6. The van der Waals surface area contributed by atoms with Gasteiger partial charge in [-0.05, 0) is 18.2 Å². The van der Waals surface area contributed by atoms with E-state index in [-0.39, 0.29) is 27.8 Å². The summed E-state index contributed by atoms with van der Waals surface area (Å²) < 4.78 is 19.0. The summed E-state index contributed by atoms with van der Waals surface area (Å²) in [4.78, 5) is 10.3. The van der Waals surface area contributed by atoms with Crippen molar-refractivity contribution in [3.8, 4) is 11.5 Å². The Labute approximate surface area is 123 Å². The summed E-state index contributed by atoms with van der Waals surface area (Å²) in [5.41, 5.74) is 4.64. The standard InChI is InChI=1S/C13H9ClFN3O3/c14-7-3-1-5-9(18(19)20)12(7)21-10-6-2-4-8(15)11(10)13(16)17/h1-6H,(H3,16,17). The van der Waals surface area contributed by atoms with Crippen molar-refractivity contribution in [2.24, 2.45) is 5.73 Å². The Balaban J connectivity index is 2.56. The molecule has 0 aliphatic carbocycles. The molecule has 0 amide bonds. The molecule has 0 spiro atoms. The number of nitro benzene ring substituents is 1. The third-order valence-corrected chi connectivity index (χ3v) is 2.90. The summed E-state index contributed by atoms with van der Waals surface area (Å²) in [5, 5.41) is 18.3. The molecular formula is C13H9ClFN3O3. The molecule has 0 fully saturated rings. The van der Waals surface area contributed by atoms with E-state index in [1.165, 1.54) is 30.3 Å². The largest absolute Gasteiger partial charge is 0.448 e. The van der Waals surface area contributed by atoms with Gasteiger partial charge in [-0.15, -0.1) is 0 Å². The van der Waals surface area contributed by atoms with Crippen molar-refractivity contribution in [3.63, 3.8) is 0 Å². The number of nitrogens with two attached hydrogens (primary N) is 1. The van der Waals surface area contributed by atoms with Crippen molar-refractivity contribution in [2.45, 2.75) is 0 Å². The Morgan fingerprint density at radius 1 is 1.33 bits per heavy atom. The molecule has 0 aliphatic rings. The first kappa shape index (κ1) is 14.7. The van der Waals surface area contributed by atoms with Crippen LogP contribution in [-0.2, 0) is 0 Å². The number of hydrogen-bond donors (Lipinski definition) is 2. The van der Waals surface area contributed by atoms with Crippen LogP contribution in [-0.4, -0.2) is 10.8 Å². The molecule has 0 saturated heterocycles. The van der Waals surface area contributed by atoms with Crippen molar-refractivity contribution < 1.29 is 14.1 Å². The van der Waals surface area contributed by atoms with Gasteiger partial charge >= 0.3 is 5.69 Å². The number of benzene rings is 2. The molecule has 21 heavy (non-hydrogen) atoms. The molecule has 2 rings (SSSR count). The van der Waals surface area contributed by atoms with Crippen LogP contribution >= 0.6 is 11.6 Å². The van der Waals surface area contributed by atoms with E-state index >= 15 is 0 Å². The number of nitrogens with one attached hydrogen (secondary N) is 1. The number of hydrogen-bond acceptors (Lipinski definition) is 4. The van der Waals surface area contributed by atoms with E-state index < -0.39 is 16.6 Å². The van der Waals surface area contributed by atoms with E-state index in [2.05, 4.69) is 0 Å². The number of nitro groups is 1. The lowest BCUT2D eigenvalue weighted by molar-refractivity contribution is -0.385. The van der Waals surface area contributed by atoms with E-state index in [1.54, 1.807) is 0 Å². The lowest BCUT2D eigenvalue weighted by Gasteiger charge is -2.12. The van der Waals surface area contributed by atoms with E-state index in [0.29, 0.717) is 0 Å². The van der Waals surface area contributed by atoms with E-state index in [9.17, 15) is 14.5 Å². The zero-order valence-electron chi connectivity index (χ0n) is 10.5. The number of para-hydroxylation sites is 1. The molecule has 0 radical (unpaired) electrons. The summed E-state index contributed by atoms with van der Waals surface area (Å²) in [5.74, 6) is -1.69. The van der Waals surface area contributed by atoms with Crippen LogP contribution in [0.5, 0.6) is 11.5 Å². The van der Waals surface area contributed by atoms with Crippen LogP contribution in [0, 0.1) is 21.3 Å². The third-order valence-electron chi connectivity index (χ3n) is 2.60. The minimum absolute atomic E-state index is 0.0111. The second-order valence-electron chi connectivity index (χ2n) is 3.97. The smallest absolute Gasteiger partial charge is 0.313 e. The van der Waals surface area contributed by atoms with Gasteiger partial charge in [0.05, 0.1) is 15.5 Å². The number of amidine groups is 1. The summed E-state index contributed by atoms with van der Waals surface area (Å²) >= 11 is 5.89. The third kappa shape index (κ3) is 2.92. The predicted molar refractivity (Wildman–Crippen MR) is 75.6 cm³/mol. The van der Waals surface area contributed by atoms with Gasteiger partial charge in [-0.3, -0.25) is 15.5 Å². The second kappa shape index (κ2) is 5.76. The molecule has 0 aliphatic heterocycles. The summed E-state index contributed by atoms with van der Waals surface area (Å²) in [6.45, 7) is 0. The first-order chi connectivity index (χ1) is 9.91.